The highest BCUT2D eigenvalue weighted by Crippen LogP contribution is 2.18. The van der Waals surface area contributed by atoms with E-state index in [1.54, 1.807) is 0 Å². The van der Waals surface area contributed by atoms with Crippen molar-refractivity contribution >= 4 is 5.91 Å². The maximum absolute atomic E-state index is 11.3. The van der Waals surface area contributed by atoms with E-state index in [1.807, 2.05) is 35.2 Å². The second-order valence-electron chi connectivity index (χ2n) is 5.30. The van der Waals surface area contributed by atoms with Crippen molar-refractivity contribution in [3.63, 3.8) is 0 Å². The number of nitrogens with zero attached hydrogens (tertiary/aromatic N) is 1. The van der Waals surface area contributed by atoms with Crippen molar-refractivity contribution < 1.29 is 9.90 Å². The Labute approximate surface area is 119 Å². The van der Waals surface area contributed by atoms with Gasteiger partial charge < -0.3 is 16.2 Å². The molecule has 0 saturated carbocycles. The van der Waals surface area contributed by atoms with Crippen molar-refractivity contribution in [2.75, 3.05) is 26.2 Å². The van der Waals surface area contributed by atoms with Gasteiger partial charge in [0.15, 0.2) is 0 Å². The average Bonchev–Trinajstić information content (AvgIpc) is 2.48. The summed E-state index contributed by atoms with van der Waals surface area (Å²) in [6.07, 6.45) is 1.37. The molecule has 0 aromatic heterocycles. The number of rotatable bonds is 6. The molecule has 0 spiro atoms. The topological polar surface area (TPSA) is 78.6 Å². The highest BCUT2D eigenvalue weighted by atomic mass is 16.3. The van der Waals surface area contributed by atoms with Gasteiger partial charge in [-0.2, -0.15) is 0 Å². The van der Waals surface area contributed by atoms with Crippen molar-refractivity contribution in [2.24, 2.45) is 5.73 Å². The number of carbonyl (C=O) groups is 1. The van der Waals surface area contributed by atoms with E-state index in [0.29, 0.717) is 12.6 Å². The zero-order valence-corrected chi connectivity index (χ0v) is 11.7. The summed E-state index contributed by atoms with van der Waals surface area (Å²) in [4.78, 5) is 13.3. The summed E-state index contributed by atoms with van der Waals surface area (Å²) in [5.41, 5.74) is 6.21. The number of primary amides is 1. The first kappa shape index (κ1) is 15.0. The van der Waals surface area contributed by atoms with Crippen LogP contribution in [-0.4, -0.2) is 48.1 Å². The Kier molecular flexibility index (Phi) is 5.52. The highest BCUT2D eigenvalue weighted by molar-refractivity contribution is 5.76. The molecule has 1 amide bonds. The van der Waals surface area contributed by atoms with E-state index in [4.69, 9.17) is 5.73 Å². The summed E-state index contributed by atoms with van der Waals surface area (Å²) in [7, 11) is 0. The molecule has 0 radical (unpaired) electrons. The minimum atomic E-state index is -0.592. The van der Waals surface area contributed by atoms with Crippen LogP contribution in [0.2, 0.25) is 0 Å². The predicted octanol–water partition coefficient (Wildman–Crippen LogP) is 0.259. The third-order valence-electron chi connectivity index (χ3n) is 3.78. The second-order valence-corrected chi connectivity index (χ2v) is 5.30. The molecule has 4 N–H and O–H groups in total. The Morgan fingerprint density at radius 1 is 1.35 bits per heavy atom. The maximum atomic E-state index is 11.3. The number of aliphatic hydroxyl groups is 1. The lowest BCUT2D eigenvalue weighted by Gasteiger charge is -2.35. The largest absolute Gasteiger partial charge is 0.387 e. The molecule has 0 bridgehead atoms. The van der Waals surface area contributed by atoms with Crippen molar-refractivity contribution in [3.8, 4) is 0 Å². The van der Waals surface area contributed by atoms with Crippen molar-refractivity contribution in [1.82, 2.24) is 10.2 Å². The van der Waals surface area contributed by atoms with E-state index >= 15 is 0 Å². The molecular weight excluding hydrogens is 254 g/mol. The Bertz CT molecular complexity index is 418. The highest BCUT2D eigenvalue weighted by Gasteiger charge is 2.24. The number of hydrogen-bond acceptors (Lipinski definition) is 4. The molecule has 1 aromatic rings. The first-order valence-electron chi connectivity index (χ1n) is 7.13. The van der Waals surface area contributed by atoms with Crippen molar-refractivity contribution in [3.05, 3.63) is 35.9 Å². The van der Waals surface area contributed by atoms with Gasteiger partial charge in [-0.3, -0.25) is 9.69 Å². The Hall–Kier alpha value is -1.43. The van der Waals surface area contributed by atoms with Gasteiger partial charge in [0.2, 0.25) is 5.91 Å². The van der Waals surface area contributed by atoms with Crippen molar-refractivity contribution in [2.45, 2.75) is 25.0 Å². The van der Waals surface area contributed by atoms with Gasteiger partial charge in [0.05, 0.1) is 12.6 Å². The van der Waals surface area contributed by atoms with Gasteiger partial charge in [0, 0.05) is 12.6 Å². The van der Waals surface area contributed by atoms with Gasteiger partial charge in [0.25, 0.3) is 0 Å². The minimum Gasteiger partial charge on any atom is -0.387 e. The quantitative estimate of drug-likeness (QED) is 0.697. The van der Waals surface area contributed by atoms with E-state index in [0.717, 1.165) is 31.5 Å². The lowest BCUT2D eigenvalue weighted by molar-refractivity contribution is -0.120. The van der Waals surface area contributed by atoms with Crippen LogP contribution in [0.5, 0.6) is 0 Å². The van der Waals surface area contributed by atoms with E-state index < -0.39 is 6.10 Å². The molecule has 1 heterocycles. The molecule has 2 rings (SSSR count). The predicted molar refractivity (Wildman–Crippen MR) is 78.1 cm³/mol. The first-order valence-corrected chi connectivity index (χ1v) is 7.13. The van der Waals surface area contributed by atoms with Crippen LogP contribution in [0, 0.1) is 0 Å². The Morgan fingerprint density at radius 3 is 2.60 bits per heavy atom. The minimum absolute atomic E-state index is 0.203. The number of aliphatic hydroxyl groups excluding tert-OH is 1. The van der Waals surface area contributed by atoms with Crippen LogP contribution < -0.4 is 11.1 Å². The van der Waals surface area contributed by atoms with Gasteiger partial charge in [-0.1, -0.05) is 30.3 Å². The number of piperidine rings is 1. The lowest BCUT2D eigenvalue weighted by Crippen LogP contribution is -2.47. The number of nitrogens with two attached hydrogens (primary N) is 1. The molecule has 5 heteroatoms. The van der Waals surface area contributed by atoms with Crippen LogP contribution in [-0.2, 0) is 4.79 Å². The third-order valence-corrected chi connectivity index (χ3v) is 3.78. The number of benzene rings is 1. The maximum Gasteiger partial charge on any atom is 0.231 e. The molecular formula is C15H23N3O2. The average molecular weight is 277 g/mol. The zero-order valence-electron chi connectivity index (χ0n) is 11.7. The fourth-order valence-corrected chi connectivity index (χ4v) is 2.72. The number of amides is 1. The van der Waals surface area contributed by atoms with Crippen LogP contribution in [0.15, 0.2) is 30.3 Å². The van der Waals surface area contributed by atoms with E-state index in [1.165, 1.54) is 0 Å². The van der Waals surface area contributed by atoms with Gasteiger partial charge in [0.1, 0.15) is 0 Å². The Morgan fingerprint density at radius 2 is 2.00 bits per heavy atom. The summed E-state index contributed by atoms with van der Waals surface area (Å²) in [5.74, 6) is -0.344. The molecule has 0 aliphatic carbocycles. The number of nitrogens with one attached hydrogen (secondary N) is 1. The summed E-state index contributed by atoms with van der Waals surface area (Å²) < 4.78 is 0. The van der Waals surface area contributed by atoms with E-state index in [-0.39, 0.29) is 12.5 Å². The molecule has 5 nitrogen and oxygen atoms in total. The van der Waals surface area contributed by atoms with Crippen LogP contribution in [0.1, 0.15) is 24.5 Å². The molecule has 110 valence electrons. The van der Waals surface area contributed by atoms with Gasteiger partial charge in [-0.15, -0.1) is 0 Å². The van der Waals surface area contributed by atoms with Crippen LogP contribution in [0.25, 0.3) is 0 Å². The summed E-state index contributed by atoms with van der Waals surface area (Å²) in [6.45, 7) is 2.54. The van der Waals surface area contributed by atoms with Crippen LogP contribution in [0.4, 0.5) is 0 Å². The molecule has 20 heavy (non-hydrogen) atoms. The number of carbonyl (C=O) groups excluding carboxylic acids is 1. The fraction of sp³-hybridized carbons (Fsp3) is 0.533. The molecule has 1 aliphatic heterocycles. The van der Waals surface area contributed by atoms with Crippen molar-refractivity contribution in [1.29, 1.82) is 0 Å². The fourth-order valence-electron chi connectivity index (χ4n) is 2.72. The molecule has 1 atom stereocenters. The summed E-state index contributed by atoms with van der Waals surface area (Å²) in [6, 6.07) is 9.83. The standard InChI is InChI=1S/C15H23N3O2/c16-15(20)11-18(13-6-8-17-9-7-13)10-14(19)12-4-2-1-3-5-12/h1-5,13-14,17,19H,6-11H2,(H2,16,20). The van der Waals surface area contributed by atoms with E-state index in [2.05, 4.69) is 5.32 Å². The normalized spacial score (nSPS) is 18.1. The van der Waals surface area contributed by atoms with Gasteiger partial charge in [-0.25, -0.2) is 0 Å². The zero-order chi connectivity index (χ0) is 14.4. The van der Waals surface area contributed by atoms with Crippen LogP contribution in [0.3, 0.4) is 0 Å². The summed E-state index contributed by atoms with van der Waals surface area (Å²) >= 11 is 0. The van der Waals surface area contributed by atoms with Gasteiger partial charge >= 0.3 is 0 Å². The Balaban J connectivity index is 2.01. The number of hydrogen-bond donors (Lipinski definition) is 3. The lowest BCUT2D eigenvalue weighted by atomic mass is 10.0. The first-order chi connectivity index (χ1) is 9.66. The molecule has 1 saturated heterocycles. The second kappa shape index (κ2) is 7.38. The summed E-state index contributed by atoms with van der Waals surface area (Å²) in [5, 5.41) is 13.6. The van der Waals surface area contributed by atoms with Crippen LogP contribution >= 0.6 is 0 Å². The van der Waals surface area contributed by atoms with E-state index in [9.17, 15) is 9.90 Å². The smallest absolute Gasteiger partial charge is 0.231 e. The van der Waals surface area contributed by atoms with Gasteiger partial charge in [-0.05, 0) is 31.5 Å². The molecule has 1 fully saturated rings. The monoisotopic (exact) mass is 277 g/mol. The SMILES string of the molecule is NC(=O)CN(CC(O)c1ccccc1)C1CCNCC1. The molecule has 1 unspecified atom stereocenters. The third kappa shape index (κ3) is 4.30. The molecule has 1 aromatic carbocycles. The molecule has 1 aliphatic rings.